The Morgan fingerprint density at radius 1 is 1.27 bits per heavy atom. The van der Waals surface area contributed by atoms with E-state index in [9.17, 15) is 9.90 Å². The van der Waals surface area contributed by atoms with Gasteiger partial charge in [-0.2, -0.15) is 0 Å². The van der Waals surface area contributed by atoms with Gasteiger partial charge in [0.2, 0.25) is 0 Å². The van der Waals surface area contributed by atoms with Crippen molar-refractivity contribution in [2.75, 3.05) is 19.7 Å². The SMILES string of the molecule is NC(=O)c1ccc(CCNCC(O)COc2ccccc2)s1. The lowest BCUT2D eigenvalue weighted by atomic mass is 10.3. The molecule has 0 aliphatic heterocycles. The summed E-state index contributed by atoms with van der Waals surface area (Å²) in [6.07, 6.45) is 0.231. The molecule has 0 aliphatic carbocycles. The van der Waals surface area contributed by atoms with Crippen LogP contribution in [0.25, 0.3) is 0 Å². The number of aliphatic hydroxyl groups excluding tert-OH is 1. The first-order valence-electron chi connectivity index (χ1n) is 7.10. The number of aliphatic hydroxyl groups is 1. The molecule has 0 radical (unpaired) electrons. The Labute approximate surface area is 133 Å². The first kappa shape index (κ1) is 16.5. The molecule has 0 bridgehead atoms. The van der Waals surface area contributed by atoms with Crippen molar-refractivity contribution in [3.63, 3.8) is 0 Å². The maximum atomic E-state index is 11.0. The van der Waals surface area contributed by atoms with Gasteiger partial charge in [0.05, 0.1) is 4.88 Å². The van der Waals surface area contributed by atoms with Gasteiger partial charge >= 0.3 is 0 Å². The number of benzene rings is 1. The van der Waals surface area contributed by atoms with Crippen LogP contribution >= 0.6 is 11.3 Å². The van der Waals surface area contributed by atoms with Crippen molar-refractivity contribution >= 4 is 17.2 Å². The second-order valence-electron chi connectivity index (χ2n) is 4.86. The second-order valence-corrected chi connectivity index (χ2v) is 6.03. The van der Waals surface area contributed by atoms with Gasteiger partial charge < -0.3 is 20.9 Å². The van der Waals surface area contributed by atoms with Crippen molar-refractivity contribution in [1.82, 2.24) is 5.32 Å². The van der Waals surface area contributed by atoms with Gasteiger partial charge in [-0.3, -0.25) is 4.79 Å². The molecule has 2 aromatic rings. The molecule has 1 aromatic carbocycles. The molecular formula is C16H20N2O3S. The number of thiophene rings is 1. The van der Waals surface area contributed by atoms with E-state index in [1.807, 2.05) is 36.4 Å². The van der Waals surface area contributed by atoms with E-state index in [1.54, 1.807) is 6.07 Å². The van der Waals surface area contributed by atoms with Gasteiger partial charge in [-0.15, -0.1) is 11.3 Å². The topological polar surface area (TPSA) is 84.6 Å². The van der Waals surface area contributed by atoms with Crippen LogP contribution in [0, 0.1) is 0 Å². The summed E-state index contributed by atoms with van der Waals surface area (Å²) in [7, 11) is 0. The highest BCUT2D eigenvalue weighted by molar-refractivity contribution is 7.14. The average Bonchev–Trinajstić information content (AvgIpc) is 3.00. The summed E-state index contributed by atoms with van der Waals surface area (Å²) in [5, 5.41) is 13.0. The fourth-order valence-corrected chi connectivity index (χ4v) is 2.75. The van der Waals surface area contributed by atoms with Crippen LogP contribution in [0.15, 0.2) is 42.5 Å². The maximum absolute atomic E-state index is 11.0. The number of carbonyl (C=O) groups is 1. The molecule has 1 heterocycles. The molecule has 1 atom stereocenters. The van der Waals surface area contributed by atoms with Crippen LogP contribution in [-0.2, 0) is 6.42 Å². The lowest BCUT2D eigenvalue weighted by molar-refractivity contribution is 0.100. The van der Waals surface area contributed by atoms with Crippen molar-refractivity contribution in [2.45, 2.75) is 12.5 Å². The van der Waals surface area contributed by atoms with E-state index < -0.39 is 12.0 Å². The van der Waals surface area contributed by atoms with Crippen LogP contribution in [0.5, 0.6) is 5.75 Å². The number of carbonyl (C=O) groups excluding carboxylic acids is 1. The number of amides is 1. The third-order valence-corrected chi connectivity index (χ3v) is 4.18. The summed E-state index contributed by atoms with van der Waals surface area (Å²) in [5.74, 6) is 0.358. The summed E-state index contributed by atoms with van der Waals surface area (Å²) < 4.78 is 5.47. The number of nitrogens with two attached hydrogens (primary N) is 1. The molecule has 0 fully saturated rings. The fourth-order valence-electron chi connectivity index (χ4n) is 1.89. The van der Waals surface area contributed by atoms with E-state index in [0.717, 1.165) is 23.6 Å². The Kier molecular flexibility index (Phi) is 6.39. The molecule has 5 nitrogen and oxygen atoms in total. The summed E-state index contributed by atoms with van der Waals surface area (Å²) in [6.45, 7) is 1.43. The number of hydrogen-bond acceptors (Lipinski definition) is 5. The molecule has 4 N–H and O–H groups in total. The predicted molar refractivity (Wildman–Crippen MR) is 87.4 cm³/mol. The zero-order valence-corrected chi connectivity index (χ0v) is 13.0. The Hall–Kier alpha value is -1.89. The molecule has 0 saturated carbocycles. The molecule has 0 saturated heterocycles. The van der Waals surface area contributed by atoms with Crippen LogP contribution in [0.3, 0.4) is 0 Å². The molecule has 6 heteroatoms. The quantitative estimate of drug-likeness (QED) is 0.610. The molecule has 1 amide bonds. The van der Waals surface area contributed by atoms with Gasteiger partial charge in [-0.1, -0.05) is 18.2 Å². The second kappa shape index (κ2) is 8.53. The minimum atomic E-state index is -0.565. The average molecular weight is 320 g/mol. The van der Waals surface area contributed by atoms with Gasteiger partial charge in [0.15, 0.2) is 0 Å². The van der Waals surface area contributed by atoms with Crippen LogP contribution < -0.4 is 15.8 Å². The highest BCUT2D eigenvalue weighted by Gasteiger charge is 2.07. The zero-order valence-electron chi connectivity index (χ0n) is 12.2. The van der Waals surface area contributed by atoms with E-state index in [0.29, 0.717) is 11.4 Å². The minimum absolute atomic E-state index is 0.252. The van der Waals surface area contributed by atoms with Crippen molar-refractivity contribution in [2.24, 2.45) is 5.73 Å². The van der Waals surface area contributed by atoms with Crippen molar-refractivity contribution in [1.29, 1.82) is 0 Å². The van der Waals surface area contributed by atoms with E-state index in [-0.39, 0.29) is 6.61 Å². The Balaban J connectivity index is 1.60. The van der Waals surface area contributed by atoms with Crippen LogP contribution in [-0.4, -0.2) is 36.8 Å². The van der Waals surface area contributed by atoms with Crippen molar-refractivity contribution in [3.8, 4) is 5.75 Å². The largest absolute Gasteiger partial charge is 0.491 e. The first-order valence-corrected chi connectivity index (χ1v) is 7.92. The number of primary amides is 1. The summed E-state index contributed by atoms with van der Waals surface area (Å²) >= 11 is 1.41. The van der Waals surface area contributed by atoms with Gasteiger partial charge in [0.1, 0.15) is 18.5 Å². The molecule has 1 unspecified atom stereocenters. The van der Waals surface area contributed by atoms with Crippen molar-refractivity contribution in [3.05, 3.63) is 52.2 Å². The van der Waals surface area contributed by atoms with Crippen LogP contribution in [0.2, 0.25) is 0 Å². The smallest absolute Gasteiger partial charge is 0.258 e. The summed E-state index contributed by atoms with van der Waals surface area (Å²) in [4.78, 5) is 12.7. The summed E-state index contributed by atoms with van der Waals surface area (Å²) in [5.41, 5.74) is 5.21. The molecule has 0 spiro atoms. The molecule has 118 valence electrons. The molecule has 1 aromatic heterocycles. The van der Waals surface area contributed by atoms with Gasteiger partial charge in [-0.25, -0.2) is 0 Å². The zero-order chi connectivity index (χ0) is 15.8. The van der Waals surface area contributed by atoms with E-state index >= 15 is 0 Å². The molecular weight excluding hydrogens is 300 g/mol. The summed E-state index contributed by atoms with van der Waals surface area (Å²) in [6, 6.07) is 13.1. The number of hydrogen-bond donors (Lipinski definition) is 3. The molecule has 22 heavy (non-hydrogen) atoms. The fraction of sp³-hybridized carbons (Fsp3) is 0.312. The van der Waals surface area contributed by atoms with E-state index in [2.05, 4.69) is 5.32 Å². The Bertz CT molecular complexity index is 586. The highest BCUT2D eigenvalue weighted by Crippen LogP contribution is 2.15. The lowest BCUT2D eigenvalue weighted by Gasteiger charge is -2.13. The molecule has 2 rings (SSSR count). The number of nitrogens with one attached hydrogen (secondary N) is 1. The number of para-hydroxylation sites is 1. The standard InChI is InChI=1S/C16H20N2O3S/c17-16(20)15-7-6-14(22-15)8-9-18-10-12(19)11-21-13-4-2-1-3-5-13/h1-7,12,18-19H,8-11H2,(H2,17,20). The van der Waals surface area contributed by atoms with Gasteiger partial charge in [0, 0.05) is 18.0 Å². The van der Waals surface area contributed by atoms with Crippen LogP contribution in [0.1, 0.15) is 14.5 Å². The Morgan fingerprint density at radius 2 is 2.05 bits per heavy atom. The highest BCUT2D eigenvalue weighted by atomic mass is 32.1. The third kappa shape index (κ3) is 5.48. The normalized spacial score (nSPS) is 12.0. The van der Waals surface area contributed by atoms with Gasteiger partial charge in [0.25, 0.3) is 5.91 Å². The monoisotopic (exact) mass is 320 g/mol. The predicted octanol–water partition coefficient (Wildman–Crippen LogP) is 1.42. The van der Waals surface area contributed by atoms with E-state index in [4.69, 9.17) is 10.5 Å². The van der Waals surface area contributed by atoms with Crippen molar-refractivity contribution < 1.29 is 14.6 Å². The number of ether oxygens (including phenoxy) is 1. The lowest BCUT2D eigenvalue weighted by Crippen LogP contribution is -2.32. The third-order valence-electron chi connectivity index (χ3n) is 3.02. The minimum Gasteiger partial charge on any atom is -0.491 e. The van der Waals surface area contributed by atoms with Crippen LogP contribution in [0.4, 0.5) is 0 Å². The molecule has 0 aliphatic rings. The van der Waals surface area contributed by atoms with E-state index in [1.165, 1.54) is 11.3 Å². The Morgan fingerprint density at radius 3 is 2.73 bits per heavy atom. The maximum Gasteiger partial charge on any atom is 0.258 e. The number of rotatable bonds is 9. The first-order chi connectivity index (χ1) is 10.6. The van der Waals surface area contributed by atoms with Gasteiger partial charge in [-0.05, 0) is 30.7 Å².